The molecule has 0 aromatic carbocycles. The molecule has 138 valence electrons. The van der Waals surface area contributed by atoms with Crippen LogP contribution < -0.4 is 0 Å². The number of halogens is 1. The Kier molecular flexibility index (Phi) is 4.57. The minimum atomic E-state index is -0.784. The molecule has 4 aliphatic carbocycles. The van der Waals surface area contributed by atoms with Crippen LogP contribution in [0, 0.1) is 40.4 Å². The van der Waals surface area contributed by atoms with Crippen LogP contribution in [0.3, 0.4) is 0 Å². The van der Waals surface area contributed by atoms with Gasteiger partial charge in [0.25, 0.3) is 0 Å². The average Bonchev–Trinajstić information content (AvgIpc) is 2.85. The van der Waals surface area contributed by atoms with Crippen molar-refractivity contribution in [2.24, 2.45) is 28.6 Å². The van der Waals surface area contributed by atoms with Gasteiger partial charge in [0.05, 0.1) is 10.5 Å². The lowest BCUT2D eigenvalue weighted by molar-refractivity contribution is -0.101. The van der Waals surface area contributed by atoms with Crippen molar-refractivity contribution in [1.82, 2.24) is 0 Å². The van der Waals surface area contributed by atoms with E-state index in [1.54, 1.807) is 0 Å². The molecule has 2 N–H and O–H groups in total. The number of allylic oxidation sites excluding steroid dienone is 1. The predicted molar refractivity (Wildman–Crippen MR) is 109 cm³/mol. The largest absolute Gasteiger partial charge is 0.389 e. The first kappa shape index (κ1) is 18.3. The molecule has 25 heavy (non-hydrogen) atoms. The maximum Gasteiger partial charge on any atom is 0.131 e. The first-order valence-corrected chi connectivity index (χ1v) is 11.5. The van der Waals surface area contributed by atoms with Crippen molar-refractivity contribution in [2.75, 3.05) is 4.43 Å². The van der Waals surface area contributed by atoms with E-state index in [2.05, 4.69) is 54.4 Å². The van der Waals surface area contributed by atoms with E-state index >= 15 is 0 Å². The molecule has 4 unspecified atom stereocenters. The standard InChI is InChI=1S/C22H31IO2/c1-20-10-6-16(24)14-15(20)4-5-17-18(20)7-11-21(2)19(17)8-12-22(21,25)9-3-13-23/h14,16-19,24-25H,4-8,10-13H2,1-2H3/t16?,17?,18?,19?,20-,21-,22-/m0/s1. The Morgan fingerprint density at radius 2 is 1.88 bits per heavy atom. The SMILES string of the molecule is C[C@]12CCC(O)C=C1CCC1C2CC[C@@]2(C)C1CC[C@@]2(O)C#CCI. The summed E-state index contributed by atoms with van der Waals surface area (Å²) in [5, 5.41) is 21.5. The molecule has 3 fully saturated rings. The Morgan fingerprint density at radius 1 is 1.12 bits per heavy atom. The molecule has 0 saturated heterocycles. The molecular formula is C22H31IO2. The molecule has 3 heteroatoms. The highest BCUT2D eigenvalue weighted by molar-refractivity contribution is 14.1. The zero-order valence-electron chi connectivity index (χ0n) is 15.5. The Labute approximate surface area is 166 Å². The van der Waals surface area contributed by atoms with Crippen LogP contribution in [0.4, 0.5) is 0 Å². The lowest BCUT2D eigenvalue weighted by atomic mass is 9.46. The van der Waals surface area contributed by atoms with Gasteiger partial charge in [-0.05, 0) is 74.5 Å². The molecule has 0 bridgehead atoms. The second-order valence-electron chi connectivity index (χ2n) is 9.42. The third-order valence-electron chi connectivity index (χ3n) is 8.60. The van der Waals surface area contributed by atoms with Crippen LogP contribution in [0.5, 0.6) is 0 Å². The zero-order chi connectivity index (χ0) is 17.9. The van der Waals surface area contributed by atoms with Crippen molar-refractivity contribution in [3.05, 3.63) is 11.6 Å². The fraction of sp³-hybridized carbons (Fsp3) is 0.818. The second kappa shape index (κ2) is 6.24. The van der Waals surface area contributed by atoms with E-state index < -0.39 is 5.60 Å². The van der Waals surface area contributed by atoms with Crippen LogP contribution in [0.15, 0.2) is 11.6 Å². The number of fused-ring (bicyclic) bond motifs is 5. The Hall–Kier alpha value is -0.0500. The molecule has 0 aromatic rings. The summed E-state index contributed by atoms with van der Waals surface area (Å²) in [6.45, 7) is 4.78. The van der Waals surface area contributed by atoms with Crippen molar-refractivity contribution >= 4 is 22.6 Å². The molecule has 4 aliphatic rings. The Bertz CT molecular complexity index is 646. The van der Waals surface area contributed by atoms with Crippen LogP contribution in [-0.4, -0.2) is 26.3 Å². The molecule has 7 atom stereocenters. The van der Waals surface area contributed by atoms with Gasteiger partial charge in [-0.1, -0.05) is 59.9 Å². The summed E-state index contributed by atoms with van der Waals surface area (Å²) in [4.78, 5) is 0. The third kappa shape index (κ3) is 2.57. The van der Waals surface area contributed by atoms with Crippen molar-refractivity contribution in [3.8, 4) is 11.8 Å². The summed E-state index contributed by atoms with van der Waals surface area (Å²) in [7, 11) is 0. The molecule has 4 rings (SSSR count). The van der Waals surface area contributed by atoms with Gasteiger partial charge < -0.3 is 10.2 Å². The zero-order valence-corrected chi connectivity index (χ0v) is 17.7. The highest BCUT2D eigenvalue weighted by atomic mass is 127. The summed E-state index contributed by atoms with van der Waals surface area (Å²) in [6.07, 6.45) is 10.6. The summed E-state index contributed by atoms with van der Waals surface area (Å²) < 4.78 is 0.793. The van der Waals surface area contributed by atoms with E-state index in [0.717, 1.165) is 48.9 Å². The van der Waals surface area contributed by atoms with Gasteiger partial charge in [-0.2, -0.15) is 0 Å². The molecule has 0 heterocycles. The van der Waals surface area contributed by atoms with E-state index in [0.29, 0.717) is 11.8 Å². The van der Waals surface area contributed by atoms with E-state index in [-0.39, 0.29) is 16.9 Å². The minimum absolute atomic E-state index is 0.0429. The monoisotopic (exact) mass is 454 g/mol. The molecule has 0 radical (unpaired) electrons. The summed E-state index contributed by atoms with van der Waals surface area (Å²) in [6, 6.07) is 0. The van der Waals surface area contributed by atoms with E-state index in [9.17, 15) is 10.2 Å². The molecule has 0 spiro atoms. The normalized spacial score (nSPS) is 51.5. The van der Waals surface area contributed by atoms with Crippen molar-refractivity contribution in [2.45, 2.75) is 76.9 Å². The number of hydrogen-bond donors (Lipinski definition) is 2. The van der Waals surface area contributed by atoms with Crippen molar-refractivity contribution in [3.63, 3.8) is 0 Å². The molecule has 0 amide bonds. The lowest BCUT2D eigenvalue weighted by Gasteiger charge is -2.59. The van der Waals surface area contributed by atoms with Crippen molar-refractivity contribution < 1.29 is 10.2 Å². The number of hydrogen-bond acceptors (Lipinski definition) is 2. The summed E-state index contributed by atoms with van der Waals surface area (Å²) in [5.74, 6) is 8.47. The third-order valence-corrected chi connectivity index (χ3v) is 8.98. The smallest absolute Gasteiger partial charge is 0.131 e. The van der Waals surface area contributed by atoms with E-state index in [4.69, 9.17) is 0 Å². The van der Waals surface area contributed by atoms with Gasteiger partial charge in [0, 0.05) is 5.41 Å². The fourth-order valence-electron chi connectivity index (χ4n) is 7.11. The van der Waals surface area contributed by atoms with Gasteiger partial charge in [-0.25, -0.2) is 0 Å². The minimum Gasteiger partial charge on any atom is -0.389 e. The van der Waals surface area contributed by atoms with Gasteiger partial charge in [-0.3, -0.25) is 0 Å². The Morgan fingerprint density at radius 3 is 2.64 bits per heavy atom. The maximum absolute atomic E-state index is 11.4. The summed E-state index contributed by atoms with van der Waals surface area (Å²) in [5.41, 5.74) is 0.971. The fourth-order valence-corrected chi connectivity index (χ4v) is 7.30. The predicted octanol–water partition coefficient (Wildman–Crippen LogP) is 4.48. The van der Waals surface area contributed by atoms with Crippen molar-refractivity contribution in [1.29, 1.82) is 0 Å². The summed E-state index contributed by atoms with van der Waals surface area (Å²) >= 11 is 2.28. The lowest BCUT2D eigenvalue weighted by Crippen LogP contribution is -2.54. The molecular weight excluding hydrogens is 423 g/mol. The average molecular weight is 454 g/mol. The molecule has 3 saturated carbocycles. The number of aliphatic hydroxyl groups is 2. The topological polar surface area (TPSA) is 40.5 Å². The van der Waals surface area contributed by atoms with Gasteiger partial charge >= 0.3 is 0 Å². The first-order chi connectivity index (χ1) is 11.8. The van der Waals surface area contributed by atoms with Gasteiger partial charge in [0.15, 0.2) is 0 Å². The van der Waals surface area contributed by atoms with Gasteiger partial charge in [0.2, 0.25) is 0 Å². The maximum atomic E-state index is 11.4. The van der Waals surface area contributed by atoms with E-state index in [1.807, 2.05) is 0 Å². The van der Waals surface area contributed by atoms with Gasteiger partial charge in [0.1, 0.15) is 5.60 Å². The number of alkyl halides is 1. The molecule has 0 aromatic heterocycles. The number of aliphatic hydroxyl groups excluding tert-OH is 1. The highest BCUT2D eigenvalue weighted by Gasteiger charge is 2.63. The van der Waals surface area contributed by atoms with Crippen LogP contribution >= 0.6 is 22.6 Å². The van der Waals surface area contributed by atoms with Crippen LogP contribution in [0.1, 0.15) is 65.2 Å². The van der Waals surface area contributed by atoms with E-state index in [1.165, 1.54) is 18.4 Å². The first-order valence-electron chi connectivity index (χ1n) is 10.0. The molecule has 0 aliphatic heterocycles. The van der Waals surface area contributed by atoms with Crippen LogP contribution in [-0.2, 0) is 0 Å². The highest BCUT2D eigenvalue weighted by Crippen LogP contribution is 2.67. The quantitative estimate of drug-likeness (QED) is 0.245. The number of rotatable bonds is 0. The van der Waals surface area contributed by atoms with Gasteiger partial charge in [-0.15, -0.1) is 0 Å². The molecule has 2 nitrogen and oxygen atoms in total. The Balaban J connectivity index is 1.66. The van der Waals surface area contributed by atoms with Crippen LogP contribution in [0.2, 0.25) is 0 Å². The second-order valence-corrected chi connectivity index (χ2v) is 10.2. The van der Waals surface area contributed by atoms with Crippen LogP contribution in [0.25, 0.3) is 0 Å².